The Morgan fingerprint density at radius 2 is 2.00 bits per heavy atom. The lowest BCUT2D eigenvalue weighted by Crippen LogP contribution is -2.25. The Morgan fingerprint density at radius 1 is 1.18 bits per heavy atom. The van der Waals surface area contributed by atoms with E-state index in [-0.39, 0.29) is 5.91 Å². The maximum atomic E-state index is 11.9. The van der Waals surface area contributed by atoms with Crippen molar-refractivity contribution in [2.75, 3.05) is 11.9 Å². The van der Waals surface area contributed by atoms with Crippen molar-refractivity contribution in [3.05, 3.63) is 46.8 Å². The zero-order valence-electron chi connectivity index (χ0n) is 12.5. The van der Waals surface area contributed by atoms with E-state index in [1.807, 2.05) is 24.3 Å². The fraction of sp³-hybridized carbons (Fsp3) is 0.312. The Kier molecular flexibility index (Phi) is 6.33. The van der Waals surface area contributed by atoms with E-state index < -0.39 is 0 Å². The number of rotatable bonds is 7. The molecule has 116 valence electrons. The van der Waals surface area contributed by atoms with Gasteiger partial charge in [-0.1, -0.05) is 31.9 Å². The number of hydrogen-bond acceptors (Lipinski definition) is 4. The van der Waals surface area contributed by atoms with Gasteiger partial charge in [0.2, 0.25) is 0 Å². The first kappa shape index (κ1) is 16.4. The van der Waals surface area contributed by atoms with Crippen molar-refractivity contribution >= 4 is 33.3 Å². The molecule has 2 aromatic rings. The van der Waals surface area contributed by atoms with Gasteiger partial charge in [0.15, 0.2) is 0 Å². The number of aromatic nitrogens is 2. The summed E-state index contributed by atoms with van der Waals surface area (Å²) in [6.45, 7) is 2.80. The van der Waals surface area contributed by atoms with Crippen molar-refractivity contribution in [3.63, 3.8) is 0 Å². The molecule has 0 aliphatic rings. The third-order valence-corrected chi connectivity index (χ3v) is 3.78. The number of benzene rings is 1. The summed E-state index contributed by atoms with van der Waals surface area (Å²) in [5, 5.41) is 5.99. The minimum Gasteiger partial charge on any atom is -0.351 e. The molecule has 6 heteroatoms. The maximum Gasteiger partial charge on any atom is 0.271 e. The van der Waals surface area contributed by atoms with Crippen molar-refractivity contribution in [2.24, 2.45) is 0 Å². The van der Waals surface area contributed by atoms with E-state index in [9.17, 15) is 4.79 Å². The van der Waals surface area contributed by atoms with E-state index in [4.69, 9.17) is 0 Å². The molecule has 5 nitrogen and oxygen atoms in total. The minimum absolute atomic E-state index is 0.184. The Labute approximate surface area is 138 Å². The number of nitrogens with zero attached hydrogens (tertiary/aromatic N) is 2. The topological polar surface area (TPSA) is 66.9 Å². The van der Waals surface area contributed by atoms with Crippen molar-refractivity contribution in [2.45, 2.75) is 26.2 Å². The van der Waals surface area contributed by atoms with Gasteiger partial charge >= 0.3 is 0 Å². The molecule has 0 saturated heterocycles. The number of carbonyl (C=O) groups is 1. The van der Waals surface area contributed by atoms with E-state index in [0.717, 1.165) is 29.4 Å². The average molecular weight is 363 g/mol. The van der Waals surface area contributed by atoms with E-state index in [1.165, 1.54) is 6.20 Å². The zero-order chi connectivity index (χ0) is 15.8. The van der Waals surface area contributed by atoms with E-state index in [1.54, 1.807) is 6.20 Å². The molecule has 0 radical (unpaired) electrons. The third kappa shape index (κ3) is 4.80. The van der Waals surface area contributed by atoms with Gasteiger partial charge in [0.25, 0.3) is 5.91 Å². The molecule has 1 heterocycles. The molecule has 1 aromatic carbocycles. The molecular weight excluding hydrogens is 344 g/mol. The van der Waals surface area contributed by atoms with Gasteiger partial charge in [-0.05, 0) is 34.5 Å². The largest absolute Gasteiger partial charge is 0.351 e. The van der Waals surface area contributed by atoms with E-state index in [0.29, 0.717) is 18.1 Å². The highest BCUT2D eigenvalue weighted by Gasteiger charge is 2.07. The molecule has 0 saturated carbocycles. The van der Waals surface area contributed by atoms with Gasteiger partial charge in [-0.25, -0.2) is 9.97 Å². The van der Waals surface area contributed by atoms with Crippen LogP contribution in [0, 0.1) is 0 Å². The van der Waals surface area contributed by atoms with Crippen LogP contribution in [-0.2, 0) is 0 Å². The zero-order valence-corrected chi connectivity index (χ0v) is 14.1. The molecule has 0 fully saturated rings. The lowest BCUT2D eigenvalue weighted by Gasteiger charge is -2.08. The smallest absolute Gasteiger partial charge is 0.271 e. The molecule has 2 rings (SSSR count). The summed E-state index contributed by atoms with van der Waals surface area (Å²) in [4.78, 5) is 20.3. The minimum atomic E-state index is -0.184. The van der Waals surface area contributed by atoms with Crippen LogP contribution >= 0.6 is 15.9 Å². The van der Waals surface area contributed by atoms with Crippen molar-refractivity contribution in [1.82, 2.24) is 15.3 Å². The summed E-state index contributed by atoms with van der Waals surface area (Å²) in [6.07, 6.45) is 6.26. The highest BCUT2D eigenvalue weighted by Crippen LogP contribution is 2.23. The van der Waals surface area contributed by atoms with E-state index in [2.05, 4.69) is 43.5 Å². The molecule has 0 bridgehead atoms. The standard InChI is InChI=1S/C16H19BrN4O/c1-2-3-6-9-18-16(22)14-10-20-15(11-19-14)21-13-8-5-4-7-12(13)17/h4-5,7-8,10-11H,2-3,6,9H2,1H3,(H,18,22)(H,20,21). The predicted molar refractivity (Wildman–Crippen MR) is 91.3 cm³/mol. The van der Waals surface area contributed by atoms with Crippen LogP contribution in [0.4, 0.5) is 11.5 Å². The van der Waals surface area contributed by atoms with Gasteiger partial charge < -0.3 is 10.6 Å². The SMILES string of the molecule is CCCCCNC(=O)c1cnc(Nc2ccccc2Br)cn1. The van der Waals surface area contributed by atoms with Gasteiger partial charge in [0.05, 0.1) is 18.1 Å². The number of nitrogens with one attached hydrogen (secondary N) is 2. The molecule has 0 unspecified atom stereocenters. The van der Waals surface area contributed by atoms with Crippen LogP contribution in [0.2, 0.25) is 0 Å². The Hall–Kier alpha value is -1.95. The summed E-state index contributed by atoms with van der Waals surface area (Å²) in [7, 11) is 0. The summed E-state index contributed by atoms with van der Waals surface area (Å²) in [6, 6.07) is 7.74. The van der Waals surface area contributed by atoms with Gasteiger partial charge in [0, 0.05) is 11.0 Å². The summed E-state index contributed by atoms with van der Waals surface area (Å²) in [5.41, 5.74) is 1.22. The first-order chi connectivity index (χ1) is 10.7. The molecule has 0 atom stereocenters. The second kappa shape index (κ2) is 8.48. The van der Waals surface area contributed by atoms with Crippen LogP contribution < -0.4 is 10.6 Å². The quantitative estimate of drug-likeness (QED) is 0.732. The van der Waals surface area contributed by atoms with Gasteiger partial charge in [-0.15, -0.1) is 0 Å². The number of carbonyl (C=O) groups excluding carboxylic acids is 1. The fourth-order valence-electron chi connectivity index (χ4n) is 1.88. The van der Waals surface area contributed by atoms with Crippen molar-refractivity contribution < 1.29 is 4.79 Å². The van der Waals surface area contributed by atoms with Gasteiger partial charge in [-0.2, -0.15) is 0 Å². The molecule has 1 aromatic heterocycles. The van der Waals surface area contributed by atoms with Crippen LogP contribution in [0.25, 0.3) is 0 Å². The lowest BCUT2D eigenvalue weighted by molar-refractivity contribution is 0.0947. The number of amides is 1. The normalized spacial score (nSPS) is 10.3. The van der Waals surface area contributed by atoms with Crippen LogP contribution in [0.1, 0.15) is 36.7 Å². The number of halogens is 1. The number of hydrogen-bond donors (Lipinski definition) is 2. The van der Waals surface area contributed by atoms with E-state index >= 15 is 0 Å². The first-order valence-corrected chi connectivity index (χ1v) is 8.12. The Bertz CT molecular complexity index is 616. The average Bonchev–Trinajstić information content (AvgIpc) is 2.54. The number of anilines is 2. The first-order valence-electron chi connectivity index (χ1n) is 7.32. The number of para-hydroxylation sites is 1. The number of unbranched alkanes of at least 4 members (excludes halogenated alkanes) is 2. The molecule has 22 heavy (non-hydrogen) atoms. The summed E-state index contributed by atoms with van der Waals surface area (Å²) >= 11 is 3.46. The second-order valence-electron chi connectivity index (χ2n) is 4.85. The molecule has 0 aliphatic carbocycles. The summed E-state index contributed by atoms with van der Waals surface area (Å²) in [5.74, 6) is 0.408. The Balaban J connectivity index is 1.92. The monoisotopic (exact) mass is 362 g/mol. The fourth-order valence-corrected chi connectivity index (χ4v) is 2.26. The second-order valence-corrected chi connectivity index (χ2v) is 5.71. The van der Waals surface area contributed by atoms with Crippen molar-refractivity contribution in [1.29, 1.82) is 0 Å². The molecule has 0 aliphatic heterocycles. The van der Waals surface area contributed by atoms with Crippen LogP contribution in [0.15, 0.2) is 41.1 Å². The van der Waals surface area contributed by atoms with Gasteiger partial charge in [0.1, 0.15) is 11.5 Å². The molecular formula is C16H19BrN4O. The molecule has 1 amide bonds. The lowest BCUT2D eigenvalue weighted by atomic mass is 10.2. The highest BCUT2D eigenvalue weighted by molar-refractivity contribution is 9.10. The molecule has 0 spiro atoms. The van der Waals surface area contributed by atoms with Crippen LogP contribution in [0.5, 0.6) is 0 Å². The van der Waals surface area contributed by atoms with Crippen LogP contribution in [0.3, 0.4) is 0 Å². The van der Waals surface area contributed by atoms with Gasteiger partial charge in [-0.3, -0.25) is 4.79 Å². The summed E-state index contributed by atoms with van der Waals surface area (Å²) < 4.78 is 0.939. The van der Waals surface area contributed by atoms with Crippen LogP contribution in [-0.4, -0.2) is 22.4 Å². The highest BCUT2D eigenvalue weighted by atomic mass is 79.9. The Morgan fingerprint density at radius 3 is 2.68 bits per heavy atom. The predicted octanol–water partition coefficient (Wildman–Crippen LogP) is 3.90. The third-order valence-electron chi connectivity index (χ3n) is 3.09. The molecule has 2 N–H and O–H groups in total. The maximum absolute atomic E-state index is 11.9. The van der Waals surface area contributed by atoms with Crippen molar-refractivity contribution in [3.8, 4) is 0 Å².